The molecule has 1 heterocycles. The number of hydrogen-bond acceptors (Lipinski definition) is 3. The van der Waals surface area contributed by atoms with Crippen molar-refractivity contribution in [3.63, 3.8) is 0 Å². The molecule has 0 spiro atoms. The van der Waals surface area contributed by atoms with Crippen LogP contribution in [-0.2, 0) is 4.79 Å². The minimum absolute atomic E-state index is 0.334. The molecule has 0 atom stereocenters. The molecule has 5 heteroatoms. The number of hydrogen-bond donors (Lipinski definition) is 1. The van der Waals surface area contributed by atoms with E-state index in [1.807, 2.05) is 6.07 Å². The number of aromatic amines is 1. The molecule has 72 valence electrons. The van der Waals surface area contributed by atoms with Gasteiger partial charge in [0.05, 0.1) is 5.52 Å². The average Bonchev–Trinajstić information content (AvgIpc) is 2.46. The first kappa shape index (κ1) is 9.21. The van der Waals surface area contributed by atoms with Crippen LogP contribution in [0.4, 0.5) is 0 Å². The highest BCUT2D eigenvalue weighted by molar-refractivity contribution is 9.10. The lowest BCUT2D eigenvalue weighted by Gasteiger charge is -1.99. The summed E-state index contributed by atoms with van der Waals surface area (Å²) in [5.74, 6) is 0.169. The zero-order valence-corrected chi connectivity index (χ0v) is 8.96. The molecule has 0 amide bonds. The van der Waals surface area contributed by atoms with E-state index < -0.39 is 0 Å². The summed E-state index contributed by atoms with van der Waals surface area (Å²) < 4.78 is 5.74. The van der Waals surface area contributed by atoms with Crippen molar-refractivity contribution in [2.45, 2.75) is 6.92 Å². The highest BCUT2D eigenvalue weighted by Crippen LogP contribution is 2.24. The van der Waals surface area contributed by atoms with Gasteiger partial charge in [0, 0.05) is 18.4 Å². The highest BCUT2D eigenvalue weighted by Gasteiger charge is 2.04. The van der Waals surface area contributed by atoms with Crippen LogP contribution in [0, 0.1) is 0 Å². The molecule has 0 aliphatic rings. The Morgan fingerprint density at radius 1 is 1.57 bits per heavy atom. The monoisotopic (exact) mass is 254 g/mol. The largest absolute Gasteiger partial charge is 0.427 e. The lowest BCUT2D eigenvalue weighted by atomic mass is 10.2. The van der Waals surface area contributed by atoms with Gasteiger partial charge < -0.3 is 4.74 Å². The molecule has 1 aromatic carbocycles. The van der Waals surface area contributed by atoms with Crippen molar-refractivity contribution in [3.05, 3.63) is 22.8 Å². The van der Waals surface area contributed by atoms with Crippen LogP contribution in [0.5, 0.6) is 5.75 Å². The Kier molecular flexibility index (Phi) is 2.25. The molecule has 0 saturated heterocycles. The maximum absolute atomic E-state index is 10.7. The summed E-state index contributed by atoms with van der Waals surface area (Å²) in [6.45, 7) is 1.37. The van der Waals surface area contributed by atoms with Crippen LogP contribution < -0.4 is 4.74 Å². The number of aromatic nitrogens is 2. The summed E-state index contributed by atoms with van der Waals surface area (Å²) >= 11 is 3.32. The molecule has 0 bridgehead atoms. The van der Waals surface area contributed by atoms with Gasteiger partial charge >= 0.3 is 5.97 Å². The van der Waals surface area contributed by atoms with E-state index in [0.29, 0.717) is 5.75 Å². The Bertz CT molecular complexity index is 493. The van der Waals surface area contributed by atoms with Crippen molar-refractivity contribution in [3.8, 4) is 5.75 Å². The van der Waals surface area contributed by atoms with Gasteiger partial charge in [-0.2, -0.15) is 5.10 Å². The number of esters is 1. The summed E-state index contributed by atoms with van der Waals surface area (Å²) in [6.07, 6.45) is 0. The number of fused-ring (bicyclic) bond motifs is 1. The van der Waals surface area contributed by atoms with Crippen LogP contribution in [0.25, 0.3) is 10.9 Å². The quantitative estimate of drug-likeness (QED) is 0.628. The molecule has 0 radical (unpaired) electrons. The molecule has 2 rings (SSSR count). The SMILES string of the molecule is CC(=O)Oc1ccc2c(Br)[nH]nc2c1. The molecular weight excluding hydrogens is 248 g/mol. The molecule has 2 aromatic rings. The lowest BCUT2D eigenvalue weighted by Crippen LogP contribution is -2.00. The molecule has 0 fully saturated rings. The molecule has 0 aliphatic carbocycles. The number of carbonyl (C=O) groups is 1. The molecule has 1 aromatic heterocycles. The van der Waals surface area contributed by atoms with E-state index >= 15 is 0 Å². The van der Waals surface area contributed by atoms with Crippen molar-refractivity contribution in [1.82, 2.24) is 10.2 Å². The van der Waals surface area contributed by atoms with Crippen LogP contribution in [0.1, 0.15) is 6.92 Å². The number of nitrogens with zero attached hydrogens (tertiary/aromatic N) is 1. The fourth-order valence-electron chi connectivity index (χ4n) is 1.19. The zero-order valence-electron chi connectivity index (χ0n) is 7.37. The van der Waals surface area contributed by atoms with E-state index in [0.717, 1.165) is 15.5 Å². The van der Waals surface area contributed by atoms with Gasteiger partial charge in [0.1, 0.15) is 10.4 Å². The Labute approximate surface area is 88.4 Å². The van der Waals surface area contributed by atoms with Gasteiger partial charge in [-0.1, -0.05) is 0 Å². The lowest BCUT2D eigenvalue weighted by molar-refractivity contribution is -0.131. The number of rotatable bonds is 1. The van der Waals surface area contributed by atoms with Gasteiger partial charge in [-0.3, -0.25) is 9.89 Å². The van der Waals surface area contributed by atoms with Gasteiger partial charge in [0.25, 0.3) is 0 Å². The number of H-pyrrole nitrogens is 1. The van der Waals surface area contributed by atoms with Gasteiger partial charge in [-0.15, -0.1) is 0 Å². The smallest absolute Gasteiger partial charge is 0.308 e. The van der Waals surface area contributed by atoms with E-state index in [1.54, 1.807) is 12.1 Å². The first-order valence-corrected chi connectivity index (χ1v) is 4.78. The zero-order chi connectivity index (χ0) is 10.1. The summed E-state index contributed by atoms with van der Waals surface area (Å²) in [5, 5.41) is 7.77. The Morgan fingerprint density at radius 3 is 3.07 bits per heavy atom. The Morgan fingerprint density at radius 2 is 2.36 bits per heavy atom. The topological polar surface area (TPSA) is 55.0 Å². The van der Waals surface area contributed by atoms with Crippen molar-refractivity contribution in [2.75, 3.05) is 0 Å². The number of nitrogens with one attached hydrogen (secondary N) is 1. The third-order valence-electron chi connectivity index (χ3n) is 1.74. The fraction of sp³-hybridized carbons (Fsp3) is 0.111. The first-order valence-electron chi connectivity index (χ1n) is 3.99. The predicted octanol–water partition coefficient (Wildman–Crippen LogP) is 2.25. The molecule has 4 nitrogen and oxygen atoms in total. The molecular formula is C9H7BrN2O2. The normalized spacial score (nSPS) is 10.4. The second kappa shape index (κ2) is 3.42. The second-order valence-electron chi connectivity index (χ2n) is 2.81. The van der Waals surface area contributed by atoms with E-state index in [1.165, 1.54) is 6.92 Å². The first-order chi connectivity index (χ1) is 6.66. The van der Waals surface area contributed by atoms with Gasteiger partial charge in [0.2, 0.25) is 0 Å². The molecule has 0 saturated carbocycles. The summed E-state index contributed by atoms with van der Waals surface area (Å²) in [4.78, 5) is 10.7. The third kappa shape index (κ3) is 1.63. The maximum atomic E-state index is 10.7. The summed E-state index contributed by atoms with van der Waals surface area (Å²) in [5.41, 5.74) is 0.760. The Hall–Kier alpha value is -1.36. The van der Waals surface area contributed by atoms with E-state index in [-0.39, 0.29) is 5.97 Å². The number of ether oxygens (including phenoxy) is 1. The molecule has 1 N–H and O–H groups in total. The van der Waals surface area contributed by atoms with Gasteiger partial charge in [-0.25, -0.2) is 0 Å². The number of carbonyl (C=O) groups excluding carboxylic acids is 1. The van der Waals surface area contributed by atoms with Crippen molar-refractivity contribution in [1.29, 1.82) is 0 Å². The molecule has 0 aliphatic heterocycles. The van der Waals surface area contributed by atoms with E-state index in [2.05, 4.69) is 26.1 Å². The highest BCUT2D eigenvalue weighted by atomic mass is 79.9. The minimum Gasteiger partial charge on any atom is -0.427 e. The van der Waals surface area contributed by atoms with Crippen molar-refractivity contribution < 1.29 is 9.53 Å². The standard InChI is InChI=1S/C9H7BrN2O2/c1-5(13)14-6-2-3-7-8(4-6)11-12-9(7)10/h2-4H,1H3,(H,11,12). The third-order valence-corrected chi connectivity index (χ3v) is 2.35. The predicted molar refractivity (Wildman–Crippen MR) is 55.1 cm³/mol. The van der Waals surface area contributed by atoms with E-state index in [4.69, 9.17) is 4.74 Å². The van der Waals surface area contributed by atoms with Crippen LogP contribution in [-0.4, -0.2) is 16.2 Å². The average molecular weight is 255 g/mol. The fourth-order valence-corrected chi connectivity index (χ4v) is 1.61. The second-order valence-corrected chi connectivity index (χ2v) is 3.60. The van der Waals surface area contributed by atoms with Gasteiger partial charge in [0.15, 0.2) is 0 Å². The van der Waals surface area contributed by atoms with Gasteiger partial charge in [-0.05, 0) is 28.1 Å². The summed E-state index contributed by atoms with van der Waals surface area (Å²) in [7, 11) is 0. The summed E-state index contributed by atoms with van der Waals surface area (Å²) in [6, 6.07) is 5.27. The number of halogens is 1. The molecule has 0 unspecified atom stereocenters. The number of benzene rings is 1. The van der Waals surface area contributed by atoms with Crippen LogP contribution >= 0.6 is 15.9 Å². The van der Waals surface area contributed by atoms with Crippen LogP contribution in [0.15, 0.2) is 22.8 Å². The Balaban J connectivity index is 2.46. The van der Waals surface area contributed by atoms with Crippen LogP contribution in [0.2, 0.25) is 0 Å². The van der Waals surface area contributed by atoms with Crippen LogP contribution in [0.3, 0.4) is 0 Å². The van der Waals surface area contributed by atoms with E-state index in [9.17, 15) is 4.79 Å². The molecule has 14 heavy (non-hydrogen) atoms. The maximum Gasteiger partial charge on any atom is 0.308 e. The van der Waals surface area contributed by atoms with Crippen molar-refractivity contribution >= 4 is 32.8 Å². The van der Waals surface area contributed by atoms with Crippen molar-refractivity contribution in [2.24, 2.45) is 0 Å². The minimum atomic E-state index is -0.334.